The first-order valence-corrected chi connectivity index (χ1v) is 10.1. The molecule has 144 valence electrons. The molecule has 0 atom stereocenters. The summed E-state index contributed by atoms with van der Waals surface area (Å²) in [5, 5.41) is 14.4. The quantitative estimate of drug-likeness (QED) is 0.468. The van der Waals surface area contributed by atoms with E-state index in [1.165, 1.54) is 29.3 Å². The van der Waals surface area contributed by atoms with Crippen LogP contribution in [0.25, 0.3) is 22.0 Å². The molecule has 6 heteroatoms. The number of nitrogens with one attached hydrogen (secondary N) is 1. The summed E-state index contributed by atoms with van der Waals surface area (Å²) in [6.45, 7) is 0.367. The van der Waals surface area contributed by atoms with E-state index in [1.807, 2.05) is 30.3 Å². The summed E-state index contributed by atoms with van der Waals surface area (Å²) < 4.78 is 12.9. The van der Waals surface area contributed by atoms with Crippen molar-refractivity contribution in [3.8, 4) is 11.3 Å². The Balaban J connectivity index is 1.32. The predicted molar refractivity (Wildman–Crippen MR) is 114 cm³/mol. The van der Waals surface area contributed by atoms with Crippen molar-refractivity contribution in [3.63, 3.8) is 0 Å². The molecule has 4 aromatic rings. The van der Waals surface area contributed by atoms with Crippen LogP contribution in [-0.4, -0.2) is 21.9 Å². The van der Waals surface area contributed by atoms with Gasteiger partial charge in [0.05, 0.1) is 11.4 Å². The number of halogens is 1. The van der Waals surface area contributed by atoms with Gasteiger partial charge in [0.1, 0.15) is 10.8 Å². The Labute approximate surface area is 172 Å². The fourth-order valence-electron chi connectivity index (χ4n) is 2.89. The van der Waals surface area contributed by atoms with Gasteiger partial charge in [0.15, 0.2) is 0 Å². The number of fused-ring (bicyclic) bond motifs is 1. The van der Waals surface area contributed by atoms with Crippen molar-refractivity contribution in [2.45, 2.75) is 11.6 Å². The van der Waals surface area contributed by atoms with E-state index in [-0.39, 0.29) is 17.5 Å². The van der Waals surface area contributed by atoms with E-state index in [4.69, 9.17) is 0 Å². The number of rotatable bonds is 6. The Hall–Kier alpha value is -3.25. The van der Waals surface area contributed by atoms with Crippen molar-refractivity contribution in [1.82, 2.24) is 15.5 Å². The second-order valence-corrected chi connectivity index (χ2v) is 7.51. The molecule has 0 saturated carbocycles. The zero-order valence-corrected chi connectivity index (χ0v) is 16.3. The maximum absolute atomic E-state index is 12.9. The number of carbonyl (C=O) groups excluding carboxylic acids is 1. The van der Waals surface area contributed by atoms with Gasteiger partial charge in [-0.2, -0.15) is 0 Å². The van der Waals surface area contributed by atoms with Crippen LogP contribution in [0.15, 0.2) is 83.9 Å². The largest absolute Gasteiger partial charge is 0.351 e. The SMILES string of the molecule is O=C(CSc1ccc(-c2ccc3ccccc3c2)nn1)NCc1ccc(F)cc1. The highest BCUT2D eigenvalue weighted by Crippen LogP contribution is 2.24. The van der Waals surface area contributed by atoms with Crippen LogP contribution in [-0.2, 0) is 11.3 Å². The number of benzene rings is 3. The molecule has 0 spiro atoms. The molecule has 0 radical (unpaired) electrons. The second-order valence-electron chi connectivity index (χ2n) is 6.51. The van der Waals surface area contributed by atoms with Crippen LogP contribution in [0.2, 0.25) is 0 Å². The minimum atomic E-state index is -0.290. The average molecular weight is 403 g/mol. The predicted octanol–water partition coefficient (Wildman–Crippen LogP) is 4.84. The van der Waals surface area contributed by atoms with Crippen molar-refractivity contribution < 1.29 is 9.18 Å². The van der Waals surface area contributed by atoms with E-state index in [9.17, 15) is 9.18 Å². The molecule has 29 heavy (non-hydrogen) atoms. The van der Waals surface area contributed by atoms with Crippen LogP contribution in [0, 0.1) is 5.82 Å². The molecule has 0 unspecified atom stereocenters. The zero-order chi connectivity index (χ0) is 20.1. The first kappa shape index (κ1) is 19.1. The van der Waals surface area contributed by atoms with Gasteiger partial charge in [-0.3, -0.25) is 4.79 Å². The van der Waals surface area contributed by atoms with E-state index in [2.05, 4.69) is 39.8 Å². The lowest BCUT2D eigenvalue weighted by Crippen LogP contribution is -2.24. The molecule has 1 heterocycles. The average Bonchev–Trinajstić information content (AvgIpc) is 2.77. The van der Waals surface area contributed by atoms with Crippen LogP contribution in [0.1, 0.15) is 5.56 Å². The standard InChI is InChI=1S/C23H18FN3OS/c24-20-9-5-16(6-10-20)14-25-22(28)15-29-23-12-11-21(26-27-23)19-8-7-17-3-1-2-4-18(17)13-19/h1-13H,14-15H2,(H,25,28). The number of thioether (sulfide) groups is 1. The molecule has 0 saturated heterocycles. The lowest BCUT2D eigenvalue weighted by Gasteiger charge is -2.06. The Kier molecular flexibility index (Phi) is 5.81. The minimum absolute atomic E-state index is 0.111. The van der Waals surface area contributed by atoms with Crippen molar-refractivity contribution in [3.05, 3.63) is 90.2 Å². The topological polar surface area (TPSA) is 54.9 Å². The molecule has 0 aliphatic carbocycles. The molecule has 0 bridgehead atoms. The van der Waals surface area contributed by atoms with E-state index >= 15 is 0 Å². The van der Waals surface area contributed by atoms with Gasteiger partial charge in [0.25, 0.3) is 0 Å². The highest BCUT2D eigenvalue weighted by atomic mass is 32.2. The van der Waals surface area contributed by atoms with E-state index in [1.54, 1.807) is 12.1 Å². The van der Waals surface area contributed by atoms with Gasteiger partial charge < -0.3 is 5.32 Å². The Morgan fingerprint density at radius 2 is 1.69 bits per heavy atom. The van der Waals surface area contributed by atoms with Crippen molar-refractivity contribution in [2.75, 3.05) is 5.75 Å². The monoisotopic (exact) mass is 403 g/mol. The summed E-state index contributed by atoms with van der Waals surface area (Å²) in [6, 6.07) is 24.2. The maximum Gasteiger partial charge on any atom is 0.230 e. The third-order valence-electron chi connectivity index (χ3n) is 4.44. The van der Waals surface area contributed by atoms with E-state index < -0.39 is 0 Å². The third kappa shape index (κ3) is 4.97. The highest BCUT2D eigenvalue weighted by Gasteiger charge is 2.06. The summed E-state index contributed by atoms with van der Waals surface area (Å²) in [6.07, 6.45) is 0. The van der Waals surface area contributed by atoms with Gasteiger partial charge in [0.2, 0.25) is 5.91 Å². The first-order chi connectivity index (χ1) is 14.2. The van der Waals surface area contributed by atoms with Crippen LogP contribution < -0.4 is 5.32 Å². The van der Waals surface area contributed by atoms with Gasteiger partial charge in [-0.25, -0.2) is 4.39 Å². The van der Waals surface area contributed by atoms with Crippen LogP contribution >= 0.6 is 11.8 Å². The Morgan fingerprint density at radius 3 is 2.45 bits per heavy atom. The smallest absolute Gasteiger partial charge is 0.230 e. The normalized spacial score (nSPS) is 10.8. The molecular formula is C23H18FN3OS. The summed E-state index contributed by atoms with van der Waals surface area (Å²) >= 11 is 1.33. The van der Waals surface area contributed by atoms with Gasteiger partial charge in [0, 0.05) is 12.1 Å². The van der Waals surface area contributed by atoms with Crippen LogP contribution in [0.4, 0.5) is 4.39 Å². The first-order valence-electron chi connectivity index (χ1n) is 9.14. The van der Waals surface area contributed by atoms with Gasteiger partial charge >= 0.3 is 0 Å². The van der Waals surface area contributed by atoms with Crippen molar-refractivity contribution in [2.24, 2.45) is 0 Å². The summed E-state index contributed by atoms with van der Waals surface area (Å²) in [7, 11) is 0. The van der Waals surface area contributed by atoms with Gasteiger partial charge in [-0.1, -0.05) is 60.3 Å². The molecule has 0 aliphatic heterocycles. The third-order valence-corrected chi connectivity index (χ3v) is 5.36. The molecule has 1 amide bonds. The maximum atomic E-state index is 12.9. The summed E-state index contributed by atoms with van der Waals surface area (Å²) in [5.74, 6) is -0.161. The summed E-state index contributed by atoms with van der Waals surface area (Å²) in [5.41, 5.74) is 2.65. The Bertz CT molecular complexity index is 1130. The lowest BCUT2D eigenvalue weighted by molar-refractivity contribution is -0.118. The molecule has 4 rings (SSSR count). The van der Waals surface area contributed by atoms with Crippen LogP contribution in [0.3, 0.4) is 0 Å². The fraction of sp³-hybridized carbons (Fsp3) is 0.0870. The van der Waals surface area contributed by atoms with Crippen molar-refractivity contribution in [1.29, 1.82) is 0 Å². The number of carbonyl (C=O) groups is 1. The van der Waals surface area contributed by atoms with Crippen molar-refractivity contribution >= 4 is 28.4 Å². The van der Waals surface area contributed by atoms with E-state index in [0.29, 0.717) is 11.6 Å². The number of hydrogen-bond donors (Lipinski definition) is 1. The molecule has 0 aliphatic rings. The zero-order valence-electron chi connectivity index (χ0n) is 15.5. The minimum Gasteiger partial charge on any atom is -0.351 e. The number of amides is 1. The molecule has 1 N–H and O–H groups in total. The number of hydrogen-bond acceptors (Lipinski definition) is 4. The number of aromatic nitrogens is 2. The molecular weight excluding hydrogens is 385 g/mol. The fourth-order valence-corrected chi connectivity index (χ4v) is 3.54. The van der Waals surface area contributed by atoms with Crippen LogP contribution in [0.5, 0.6) is 0 Å². The number of nitrogens with zero attached hydrogens (tertiary/aromatic N) is 2. The van der Waals surface area contributed by atoms with Gasteiger partial charge in [-0.15, -0.1) is 10.2 Å². The Morgan fingerprint density at radius 1 is 0.897 bits per heavy atom. The molecule has 0 fully saturated rings. The molecule has 4 nitrogen and oxygen atoms in total. The second kappa shape index (κ2) is 8.84. The highest BCUT2D eigenvalue weighted by molar-refractivity contribution is 7.99. The lowest BCUT2D eigenvalue weighted by atomic mass is 10.1. The van der Waals surface area contributed by atoms with E-state index in [0.717, 1.165) is 22.2 Å². The molecule has 3 aromatic carbocycles. The summed E-state index contributed by atoms with van der Waals surface area (Å²) in [4.78, 5) is 12.0. The molecule has 1 aromatic heterocycles. The van der Waals surface area contributed by atoms with Gasteiger partial charge in [-0.05, 0) is 46.7 Å².